The van der Waals surface area contributed by atoms with Crippen LogP contribution in [-0.4, -0.2) is 30.8 Å². The molecule has 1 unspecified atom stereocenters. The van der Waals surface area contributed by atoms with Crippen molar-refractivity contribution in [1.82, 2.24) is 5.32 Å². The summed E-state index contributed by atoms with van der Waals surface area (Å²) < 4.78 is 5.30. The van der Waals surface area contributed by atoms with Crippen LogP contribution in [0.25, 0.3) is 0 Å². The molecular weight excluding hydrogens is 208 g/mol. The molecule has 0 saturated heterocycles. The van der Waals surface area contributed by atoms with Crippen molar-refractivity contribution in [3.63, 3.8) is 0 Å². The van der Waals surface area contributed by atoms with E-state index in [0.717, 1.165) is 5.56 Å². The number of benzene rings is 1. The highest BCUT2D eigenvalue weighted by molar-refractivity contribution is 5.46. The van der Waals surface area contributed by atoms with Crippen molar-refractivity contribution in [2.75, 3.05) is 13.2 Å². The summed E-state index contributed by atoms with van der Waals surface area (Å²) in [4.78, 5) is 10.1. The van der Waals surface area contributed by atoms with Gasteiger partial charge in [-0.15, -0.1) is 0 Å². The van der Waals surface area contributed by atoms with Gasteiger partial charge in [0.2, 0.25) is 6.41 Å². The Morgan fingerprint density at radius 1 is 1.44 bits per heavy atom. The number of nitrogens with two attached hydrogens (primary N) is 1. The van der Waals surface area contributed by atoms with Crippen LogP contribution in [0.2, 0.25) is 0 Å². The smallest absolute Gasteiger partial charge is 0.207 e. The molecule has 1 rings (SSSR count). The highest BCUT2D eigenvalue weighted by Gasteiger charge is 2.01. The molecule has 0 radical (unpaired) electrons. The predicted octanol–water partition coefficient (Wildman–Crippen LogP) is -0.369. The number of aliphatic hydroxyl groups is 1. The van der Waals surface area contributed by atoms with Crippen molar-refractivity contribution in [3.05, 3.63) is 29.8 Å². The van der Waals surface area contributed by atoms with Gasteiger partial charge in [0.05, 0.1) is 0 Å². The number of nitrogens with one attached hydrogen (secondary N) is 1. The molecule has 1 amide bonds. The van der Waals surface area contributed by atoms with Crippen LogP contribution < -0.4 is 15.8 Å². The molecule has 0 aliphatic heterocycles. The van der Waals surface area contributed by atoms with E-state index >= 15 is 0 Å². The van der Waals surface area contributed by atoms with Gasteiger partial charge in [-0.3, -0.25) is 4.79 Å². The van der Waals surface area contributed by atoms with Crippen LogP contribution in [0.3, 0.4) is 0 Å². The fourth-order valence-corrected chi connectivity index (χ4v) is 1.12. The van der Waals surface area contributed by atoms with Crippen molar-refractivity contribution in [1.29, 1.82) is 0 Å². The lowest BCUT2D eigenvalue weighted by molar-refractivity contribution is -0.109. The second-order valence-electron chi connectivity index (χ2n) is 3.34. The lowest BCUT2D eigenvalue weighted by Crippen LogP contribution is -2.26. The van der Waals surface area contributed by atoms with Crippen molar-refractivity contribution in [3.8, 4) is 5.75 Å². The Morgan fingerprint density at radius 2 is 2.12 bits per heavy atom. The molecule has 0 bridgehead atoms. The molecule has 0 aliphatic carbocycles. The first-order valence-corrected chi connectivity index (χ1v) is 5.03. The van der Waals surface area contributed by atoms with E-state index < -0.39 is 6.10 Å². The fraction of sp³-hybridized carbons (Fsp3) is 0.364. The summed E-state index contributed by atoms with van der Waals surface area (Å²) >= 11 is 0. The van der Waals surface area contributed by atoms with E-state index in [1.807, 2.05) is 12.1 Å². The van der Waals surface area contributed by atoms with Gasteiger partial charge in [-0.1, -0.05) is 12.1 Å². The second kappa shape index (κ2) is 6.81. The van der Waals surface area contributed by atoms with Gasteiger partial charge < -0.3 is 20.9 Å². The standard InChI is InChI=1S/C11H16N2O3/c12-5-10(15)7-16-11-3-1-9(2-4-11)6-13-8-14/h1-4,8,10,15H,5-7,12H2,(H,13,14). The van der Waals surface area contributed by atoms with Gasteiger partial charge in [0.15, 0.2) is 0 Å². The average molecular weight is 224 g/mol. The van der Waals surface area contributed by atoms with Crippen LogP contribution in [0.1, 0.15) is 5.56 Å². The highest BCUT2D eigenvalue weighted by atomic mass is 16.5. The van der Waals surface area contributed by atoms with E-state index in [4.69, 9.17) is 10.5 Å². The molecule has 88 valence electrons. The molecule has 0 spiro atoms. The largest absolute Gasteiger partial charge is 0.491 e. The van der Waals surface area contributed by atoms with Crippen LogP contribution in [0, 0.1) is 0 Å². The van der Waals surface area contributed by atoms with Gasteiger partial charge in [-0.25, -0.2) is 0 Å². The first-order chi connectivity index (χ1) is 7.76. The van der Waals surface area contributed by atoms with Gasteiger partial charge in [0, 0.05) is 13.1 Å². The summed E-state index contributed by atoms with van der Waals surface area (Å²) in [6.45, 7) is 0.860. The van der Waals surface area contributed by atoms with Gasteiger partial charge >= 0.3 is 0 Å². The zero-order chi connectivity index (χ0) is 11.8. The summed E-state index contributed by atoms with van der Waals surface area (Å²) in [7, 11) is 0. The highest BCUT2D eigenvalue weighted by Crippen LogP contribution is 2.12. The zero-order valence-corrected chi connectivity index (χ0v) is 8.93. The van der Waals surface area contributed by atoms with Crippen molar-refractivity contribution in [2.45, 2.75) is 12.6 Å². The SMILES string of the molecule is NCC(O)COc1ccc(CNC=O)cc1. The van der Waals surface area contributed by atoms with Crippen LogP contribution in [0.5, 0.6) is 5.75 Å². The lowest BCUT2D eigenvalue weighted by atomic mass is 10.2. The van der Waals surface area contributed by atoms with E-state index in [9.17, 15) is 9.90 Å². The number of amides is 1. The number of rotatable bonds is 7. The monoisotopic (exact) mass is 224 g/mol. The maximum atomic E-state index is 10.1. The van der Waals surface area contributed by atoms with Gasteiger partial charge in [-0.05, 0) is 17.7 Å². The molecular formula is C11H16N2O3. The molecule has 1 aromatic rings. The average Bonchev–Trinajstić information content (AvgIpc) is 2.34. The third-order valence-corrected chi connectivity index (χ3v) is 2.03. The minimum Gasteiger partial charge on any atom is -0.491 e. The van der Waals surface area contributed by atoms with E-state index in [2.05, 4.69) is 5.32 Å². The Hall–Kier alpha value is -1.59. The normalized spacial score (nSPS) is 11.9. The molecule has 0 heterocycles. The molecule has 0 aromatic heterocycles. The van der Waals surface area contributed by atoms with Crippen molar-refractivity contribution >= 4 is 6.41 Å². The van der Waals surface area contributed by atoms with E-state index in [-0.39, 0.29) is 13.2 Å². The number of hydrogen-bond acceptors (Lipinski definition) is 4. The third kappa shape index (κ3) is 4.29. The Morgan fingerprint density at radius 3 is 2.69 bits per heavy atom. The zero-order valence-electron chi connectivity index (χ0n) is 8.93. The van der Waals surface area contributed by atoms with E-state index in [1.54, 1.807) is 12.1 Å². The van der Waals surface area contributed by atoms with Gasteiger partial charge in [0.1, 0.15) is 18.5 Å². The first-order valence-electron chi connectivity index (χ1n) is 5.03. The molecule has 5 heteroatoms. The van der Waals surface area contributed by atoms with Gasteiger partial charge in [-0.2, -0.15) is 0 Å². The molecule has 1 atom stereocenters. The molecule has 4 N–H and O–H groups in total. The Balaban J connectivity index is 2.41. The molecule has 0 saturated carbocycles. The molecule has 1 aromatic carbocycles. The lowest BCUT2D eigenvalue weighted by Gasteiger charge is -2.10. The Labute approximate surface area is 94.2 Å². The summed E-state index contributed by atoms with van der Waals surface area (Å²) in [5.41, 5.74) is 6.23. The summed E-state index contributed by atoms with van der Waals surface area (Å²) in [5.74, 6) is 0.669. The van der Waals surface area contributed by atoms with Crippen LogP contribution >= 0.6 is 0 Å². The molecule has 0 fully saturated rings. The van der Waals surface area contributed by atoms with E-state index in [0.29, 0.717) is 18.7 Å². The Bertz CT molecular complexity index is 314. The predicted molar refractivity (Wildman–Crippen MR) is 59.9 cm³/mol. The summed E-state index contributed by atoms with van der Waals surface area (Å²) in [6, 6.07) is 7.26. The van der Waals surface area contributed by atoms with Crippen molar-refractivity contribution in [2.24, 2.45) is 5.73 Å². The van der Waals surface area contributed by atoms with Crippen LogP contribution in [0.4, 0.5) is 0 Å². The number of hydrogen-bond donors (Lipinski definition) is 3. The number of carbonyl (C=O) groups excluding carboxylic acids is 1. The third-order valence-electron chi connectivity index (χ3n) is 2.03. The van der Waals surface area contributed by atoms with Crippen LogP contribution in [0.15, 0.2) is 24.3 Å². The second-order valence-corrected chi connectivity index (χ2v) is 3.34. The molecule has 16 heavy (non-hydrogen) atoms. The Kier molecular flexibility index (Phi) is 5.31. The minimum atomic E-state index is -0.642. The quantitative estimate of drug-likeness (QED) is 0.552. The van der Waals surface area contributed by atoms with E-state index in [1.165, 1.54) is 0 Å². The summed E-state index contributed by atoms with van der Waals surface area (Å²) in [6.07, 6.45) is 0.0126. The first kappa shape index (κ1) is 12.5. The maximum absolute atomic E-state index is 10.1. The number of carbonyl (C=O) groups is 1. The van der Waals surface area contributed by atoms with Crippen LogP contribution in [-0.2, 0) is 11.3 Å². The van der Waals surface area contributed by atoms with Crippen molar-refractivity contribution < 1.29 is 14.6 Å². The molecule has 0 aliphatic rings. The van der Waals surface area contributed by atoms with Gasteiger partial charge in [0.25, 0.3) is 0 Å². The number of aliphatic hydroxyl groups excluding tert-OH is 1. The summed E-state index contributed by atoms with van der Waals surface area (Å²) in [5, 5.41) is 11.8. The minimum absolute atomic E-state index is 0.182. The maximum Gasteiger partial charge on any atom is 0.207 e. The number of ether oxygens (including phenoxy) is 1. The fourth-order valence-electron chi connectivity index (χ4n) is 1.12. The topological polar surface area (TPSA) is 84.6 Å². The molecule has 5 nitrogen and oxygen atoms in total.